The minimum absolute atomic E-state index is 1.02. The SMILES string of the molecule is C/C=c1/c(-c2ccccc2)n[nH]/c1=C/C. The zero-order valence-corrected chi connectivity index (χ0v) is 8.99. The molecule has 0 saturated carbocycles. The van der Waals surface area contributed by atoms with Gasteiger partial charge in [-0.1, -0.05) is 42.5 Å². The van der Waals surface area contributed by atoms with Gasteiger partial charge in [-0.25, -0.2) is 0 Å². The van der Waals surface area contributed by atoms with Gasteiger partial charge in [-0.05, 0) is 13.8 Å². The van der Waals surface area contributed by atoms with E-state index in [1.807, 2.05) is 38.1 Å². The number of H-pyrrole nitrogens is 1. The highest BCUT2D eigenvalue weighted by Crippen LogP contribution is 2.09. The lowest BCUT2D eigenvalue weighted by Gasteiger charge is -1.94. The Morgan fingerprint density at radius 3 is 2.40 bits per heavy atom. The third-order valence-corrected chi connectivity index (χ3v) is 2.46. The Morgan fingerprint density at radius 1 is 1.07 bits per heavy atom. The molecule has 2 heteroatoms. The largest absolute Gasteiger partial charge is 0.278 e. The van der Waals surface area contributed by atoms with E-state index < -0.39 is 0 Å². The molecule has 2 aromatic rings. The van der Waals surface area contributed by atoms with Crippen molar-refractivity contribution in [2.45, 2.75) is 13.8 Å². The van der Waals surface area contributed by atoms with Crippen LogP contribution in [0, 0.1) is 0 Å². The Bertz CT molecular complexity index is 550. The zero-order chi connectivity index (χ0) is 10.7. The maximum Gasteiger partial charge on any atom is 0.0995 e. The molecule has 2 nitrogen and oxygen atoms in total. The van der Waals surface area contributed by atoms with Gasteiger partial charge >= 0.3 is 0 Å². The van der Waals surface area contributed by atoms with Crippen molar-refractivity contribution in [2.75, 3.05) is 0 Å². The molecule has 1 heterocycles. The Kier molecular flexibility index (Phi) is 2.68. The molecular formula is C13H14N2. The summed E-state index contributed by atoms with van der Waals surface area (Å²) in [5.74, 6) is 0. The normalized spacial score (nSPS) is 13.5. The van der Waals surface area contributed by atoms with E-state index in [0.29, 0.717) is 0 Å². The average molecular weight is 198 g/mol. The van der Waals surface area contributed by atoms with Gasteiger partial charge in [0.25, 0.3) is 0 Å². The van der Waals surface area contributed by atoms with Crippen LogP contribution in [0.15, 0.2) is 30.3 Å². The predicted octanol–water partition coefficient (Wildman–Crippen LogP) is 1.68. The molecular weight excluding hydrogens is 184 g/mol. The summed E-state index contributed by atoms with van der Waals surface area (Å²) < 4.78 is 0. The first-order chi connectivity index (χ1) is 7.36. The summed E-state index contributed by atoms with van der Waals surface area (Å²) in [5.41, 5.74) is 2.17. The molecule has 0 unspecified atom stereocenters. The number of nitrogens with one attached hydrogen (secondary N) is 1. The van der Waals surface area contributed by atoms with Crippen LogP contribution in [0.4, 0.5) is 0 Å². The first kappa shape index (κ1) is 9.71. The first-order valence-corrected chi connectivity index (χ1v) is 5.09. The molecule has 2 rings (SSSR count). The summed E-state index contributed by atoms with van der Waals surface area (Å²) in [5, 5.41) is 9.63. The molecule has 0 aliphatic carbocycles. The van der Waals surface area contributed by atoms with E-state index in [-0.39, 0.29) is 0 Å². The van der Waals surface area contributed by atoms with Crippen molar-refractivity contribution in [3.8, 4) is 11.3 Å². The van der Waals surface area contributed by atoms with Gasteiger partial charge < -0.3 is 0 Å². The smallest absolute Gasteiger partial charge is 0.0995 e. The van der Waals surface area contributed by atoms with Crippen LogP contribution in [-0.4, -0.2) is 10.2 Å². The van der Waals surface area contributed by atoms with Crippen LogP contribution in [0.1, 0.15) is 13.8 Å². The summed E-state index contributed by atoms with van der Waals surface area (Å²) in [7, 11) is 0. The molecule has 0 saturated heterocycles. The van der Waals surface area contributed by atoms with Gasteiger partial charge in [0.2, 0.25) is 0 Å². The minimum Gasteiger partial charge on any atom is -0.278 e. The molecule has 0 aliphatic rings. The fourth-order valence-corrected chi connectivity index (χ4v) is 1.69. The lowest BCUT2D eigenvalue weighted by molar-refractivity contribution is 1.06. The van der Waals surface area contributed by atoms with Crippen LogP contribution in [0.25, 0.3) is 23.4 Å². The molecule has 1 N–H and O–H groups in total. The van der Waals surface area contributed by atoms with E-state index in [2.05, 4.69) is 28.4 Å². The van der Waals surface area contributed by atoms with Crippen molar-refractivity contribution in [1.29, 1.82) is 0 Å². The Labute approximate surface area is 89.0 Å². The third kappa shape index (κ3) is 1.71. The molecule has 0 bridgehead atoms. The van der Waals surface area contributed by atoms with Gasteiger partial charge in [-0.15, -0.1) is 0 Å². The van der Waals surface area contributed by atoms with E-state index >= 15 is 0 Å². The van der Waals surface area contributed by atoms with Crippen molar-refractivity contribution in [1.82, 2.24) is 10.2 Å². The quantitative estimate of drug-likeness (QED) is 0.742. The van der Waals surface area contributed by atoms with Crippen LogP contribution < -0.4 is 10.6 Å². The summed E-state index contributed by atoms with van der Waals surface area (Å²) in [6.45, 7) is 4.04. The molecule has 0 aliphatic heterocycles. The van der Waals surface area contributed by atoms with Gasteiger partial charge in [0, 0.05) is 10.8 Å². The second kappa shape index (κ2) is 4.13. The number of nitrogens with zero attached hydrogens (tertiary/aromatic N) is 1. The molecule has 1 aromatic heterocycles. The number of aromatic amines is 1. The lowest BCUT2D eigenvalue weighted by atomic mass is 10.1. The number of aromatic nitrogens is 2. The second-order valence-corrected chi connectivity index (χ2v) is 3.34. The van der Waals surface area contributed by atoms with Crippen molar-refractivity contribution in [3.63, 3.8) is 0 Å². The molecule has 0 atom stereocenters. The van der Waals surface area contributed by atoms with Gasteiger partial charge in [0.1, 0.15) is 0 Å². The van der Waals surface area contributed by atoms with Crippen molar-refractivity contribution in [2.24, 2.45) is 0 Å². The molecule has 0 spiro atoms. The average Bonchev–Trinajstić information content (AvgIpc) is 2.72. The van der Waals surface area contributed by atoms with E-state index in [1.165, 1.54) is 5.22 Å². The van der Waals surface area contributed by atoms with E-state index in [4.69, 9.17) is 0 Å². The van der Waals surface area contributed by atoms with E-state index in [1.54, 1.807) is 0 Å². The van der Waals surface area contributed by atoms with Gasteiger partial charge in [0.15, 0.2) is 0 Å². The molecule has 15 heavy (non-hydrogen) atoms. The Morgan fingerprint density at radius 2 is 1.80 bits per heavy atom. The van der Waals surface area contributed by atoms with Crippen LogP contribution in [-0.2, 0) is 0 Å². The monoisotopic (exact) mass is 198 g/mol. The topological polar surface area (TPSA) is 28.7 Å². The van der Waals surface area contributed by atoms with Crippen LogP contribution >= 0.6 is 0 Å². The number of hydrogen-bond acceptors (Lipinski definition) is 1. The maximum atomic E-state index is 4.34. The summed E-state index contributed by atoms with van der Waals surface area (Å²) >= 11 is 0. The van der Waals surface area contributed by atoms with Crippen molar-refractivity contribution in [3.05, 3.63) is 40.9 Å². The van der Waals surface area contributed by atoms with Crippen LogP contribution in [0.3, 0.4) is 0 Å². The van der Waals surface area contributed by atoms with Gasteiger partial charge in [-0.3, -0.25) is 5.10 Å². The molecule has 0 amide bonds. The highest BCUT2D eigenvalue weighted by Gasteiger charge is 2.02. The van der Waals surface area contributed by atoms with Crippen LogP contribution in [0.5, 0.6) is 0 Å². The first-order valence-electron chi connectivity index (χ1n) is 5.09. The molecule has 0 fully saturated rings. The standard InChI is InChI=1S/C13H14N2/c1-3-11-12(4-2)14-15-13(11)10-8-6-5-7-9-10/h3-9,14H,1-2H3/b11-3+,12-4+. The Balaban J connectivity index is 2.71. The lowest BCUT2D eigenvalue weighted by Crippen LogP contribution is -2.22. The minimum atomic E-state index is 1.02. The fourth-order valence-electron chi connectivity index (χ4n) is 1.69. The second-order valence-electron chi connectivity index (χ2n) is 3.34. The molecule has 1 aromatic carbocycles. The summed E-state index contributed by atoms with van der Waals surface area (Å²) in [6, 6.07) is 10.2. The zero-order valence-electron chi connectivity index (χ0n) is 8.99. The molecule has 0 radical (unpaired) electrons. The highest BCUT2D eigenvalue weighted by atomic mass is 15.1. The maximum absolute atomic E-state index is 4.34. The predicted molar refractivity (Wildman–Crippen MR) is 63.6 cm³/mol. The summed E-state index contributed by atoms with van der Waals surface area (Å²) in [4.78, 5) is 0. The Hall–Kier alpha value is -1.83. The number of benzene rings is 1. The van der Waals surface area contributed by atoms with E-state index in [9.17, 15) is 0 Å². The number of hydrogen-bond donors (Lipinski definition) is 1. The number of rotatable bonds is 1. The third-order valence-electron chi connectivity index (χ3n) is 2.46. The van der Waals surface area contributed by atoms with Gasteiger partial charge in [-0.2, -0.15) is 5.10 Å². The van der Waals surface area contributed by atoms with Crippen molar-refractivity contribution < 1.29 is 0 Å². The molecule has 76 valence electrons. The van der Waals surface area contributed by atoms with Crippen LogP contribution in [0.2, 0.25) is 0 Å². The van der Waals surface area contributed by atoms with E-state index in [0.717, 1.165) is 16.6 Å². The van der Waals surface area contributed by atoms with Crippen molar-refractivity contribution >= 4 is 12.2 Å². The highest BCUT2D eigenvalue weighted by molar-refractivity contribution is 5.60. The fraction of sp³-hybridized carbons (Fsp3) is 0.154. The van der Waals surface area contributed by atoms with Gasteiger partial charge in [0.05, 0.1) is 11.0 Å². The summed E-state index contributed by atoms with van der Waals surface area (Å²) in [6.07, 6.45) is 4.12.